The molecule has 432 valence electrons. The van der Waals surface area contributed by atoms with Gasteiger partial charge in [-0.25, -0.2) is 16.8 Å². The molecule has 0 fully saturated rings. The lowest BCUT2D eigenvalue weighted by molar-refractivity contribution is 0.279. The van der Waals surface area contributed by atoms with Crippen LogP contribution >= 0.6 is 0 Å². The lowest BCUT2D eigenvalue weighted by atomic mass is 10.1. The van der Waals surface area contributed by atoms with Crippen LogP contribution in [0.25, 0.3) is 12.2 Å². The molecule has 0 unspecified atom stereocenters. The zero-order valence-electron chi connectivity index (χ0n) is 41.2. The van der Waals surface area contributed by atoms with Crippen LogP contribution in [0.2, 0.25) is 0 Å². The number of hydrogen-bond acceptors (Lipinski definition) is 28. The van der Waals surface area contributed by atoms with E-state index in [-0.39, 0.29) is 65.5 Å². The number of hydrogen-bond donors (Lipinski definition) is 12. The Bertz CT molecular complexity index is 3790. The van der Waals surface area contributed by atoms with Crippen LogP contribution in [0.5, 0.6) is 0 Å². The molecule has 6 aromatic rings. The molecule has 2 aromatic heterocycles. The SMILES string of the molecule is CS(=O)(=O)c1cc(Nc2nc(Nc3cc(S(=O)(=O)O)ccc3S(=O)(=O)O)nc(N(CCO)CCO)n2)ccc1C=Cc1ccc(Nc2nc(Nc3cc(S(=O)(=O)O)ccc3S(C)(=O)=O)nc(N(CCO)CCO)n2)cc1S(=O)(=O)O. The highest BCUT2D eigenvalue weighted by molar-refractivity contribution is 7.91. The van der Waals surface area contributed by atoms with Crippen LogP contribution in [-0.4, -0.2) is 184 Å². The molecule has 0 saturated heterocycles. The summed E-state index contributed by atoms with van der Waals surface area (Å²) in [6.45, 7) is -2.70. The Morgan fingerprint density at radius 1 is 0.400 bits per heavy atom. The Balaban J connectivity index is 1.38. The van der Waals surface area contributed by atoms with Gasteiger partial charge in [-0.3, -0.25) is 18.2 Å². The van der Waals surface area contributed by atoms with E-state index in [4.69, 9.17) is 0 Å². The van der Waals surface area contributed by atoms with E-state index >= 15 is 0 Å². The number of anilines is 10. The van der Waals surface area contributed by atoms with Crippen LogP contribution in [0.3, 0.4) is 0 Å². The van der Waals surface area contributed by atoms with E-state index in [1.54, 1.807) is 0 Å². The topological polar surface area (TPSA) is 499 Å². The maximum atomic E-state index is 13.3. The summed E-state index contributed by atoms with van der Waals surface area (Å²) >= 11 is 0. The van der Waals surface area contributed by atoms with Crippen molar-refractivity contribution in [2.45, 2.75) is 29.4 Å². The Morgan fingerprint density at radius 3 is 1.09 bits per heavy atom. The molecule has 80 heavy (non-hydrogen) atoms. The summed E-state index contributed by atoms with van der Waals surface area (Å²) in [6, 6.07) is 11.6. The number of rotatable bonds is 26. The van der Waals surface area contributed by atoms with Gasteiger partial charge in [0.15, 0.2) is 19.7 Å². The smallest absolute Gasteiger partial charge is 0.296 e. The van der Waals surface area contributed by atoms with Gasteiger partial charge in [-0.05, 0) is 71.8 Å². The summed E-state index contributed by atoms with van der Waals surface area (Å²) < 4.78 is 190. The van der Waals surface area contributed by atoms with Crippen molar-refractivity contribution < 1.29 is 89.1 Å². The fraction of sp³-hybridized carbons (Fsp3) is 0.238. The molecule has 0 atom stereocenters. The monoisotopic (exact) mass is 1230 g/mol. The molecule has 0 aliphatic heterocycles. The third-order valence-corrected chi connectivity index (χ3v) is 16.4. The Labute approximate surface area is 456 Å². The maximum absolute atomic E-state index is 13.3. The number of aromatic nitrogens is 6. The molecule has 0 bridgehead atoms. The zero-order valence-corrected chi connectivity index (χ0v) is 46.1. The van der Waals surface area contributed by atoms with Crippen LogP contribution in [0, 0.1) is 0 Å². The van der Waals surface area contributed by atoms with Gasteiger partial charge in [0.05, 0.1) is 57.4 Å². The second-order valence-electron chi connectivity index (χ2n) is 16.5. The Morgan fingerprint density at radius 2 is 0.738 bits per heavy atom. The first kappa shape index (κ1) is 62.0. The van der Waals surface area contributed by atoms with Crippen molar-refractivity contribution in [2.24, 2.45) is 0 Å². The predicted molar refractivity (Wildman–Crippen MR) is 286 cm³/mol. The third kappa shape index (κ3) is 16.2. The summed E-state index contributed by atoms with van der Waals surface area (Å²) in [7, 11) is -28.3. The van der Waals surface area contributed by atoms with E-state index < -0.39 is 146 Å². The number of sulfone groups is 2. The molecule has 0 aliphatic carbocycles. The Kier molecular flexibility index (Phi) is 19.1. The highest BCUT2D eigenvalue weighted by atomic mass is 32.2. The van der Waals surface area contributed by atoms with Crippen molar-refractivity contribution >= 4 is 131 Å². The summed E-state index contributed by atoms with van der Waals surface area (Å²) in [4.78, 5) is 23.7. The van der Waals surface area contributed by atoms with Gasteiger partial charge in [-0.1, -0.05) is 24.3 Å². The maximum Gasteiger partial charge on any atom is 0.296 e. The van der Waals surface area contributed by atoms with Crippen molar-refractivity contribution in [3.63, 3.8) is 0 Å². The molecule has 6 rings (SSSR count). The molecule has 0 spiro atoms. The van der Waals surface area contributed by atoms with Gasteiger partial charge in [-0.2, -0.15) is 63.6 Å². The number of aliphatic hydroxyl groups is 4. The van der Waals surface area contributed by atoms with Gasteiger partial charge in [-0.15, -0.1) is 0 Å². The van der Waals surface area contributed by atoms with Crippen LogP contribution in [0.1, 0.15) is 11.1 Å². The van der Waals surface area contributed by atoms with Crippen molar-refractivity contribution in [2.75, 3.05) is 96.2 Å². The standard InChI is InChI=1S/C42H48N12O20S6/c1-75(59,60)33-11-9-29(77(63,64)65)23-31(33)45-39-47-38(50-41(51-39)53(13-17-55)14-18-56)44-28-8-6-26(36(22-28)80(72,73)74)4-3-25-5-7-27(21-35(25)76(2,61)62)43-37-48-40(52-42(49-37)54(15-19-57)16-20-58)46-32-24-30(78(66,67)68)10-12-34(32)79(69,70)71/h3-12,21-24,55-58H,13-20H2,1-2H3,(H,63,64,65)(H,66,67,68)(H,69,70,71)(H,72,73,74)(H2,43,46,48,49,52)(H2,44,45,47,50,51). The summed E-state index contributed by atoms with van der Waals surface area (Å²) in [5.74, 6) is -2.40. The first-order valence-electron chi connectivity index (χ1n) is 22.3. The summed E-state index contributed by atoms with van der Waals surface area (Å²) in [6.07, 6.45) is 3.98. The minimum Gasteiger partial charge on any atom is -0.395 e. The molecule has 0 aliphatic rings. The van der Waals surface area contributed by atoms with Crippen molar-refractivity contribution in [3.05, 3.63) is 83.9 Å². The van der Waals surface area contributed by atoms with E-state index in [0.717, 1.165) is 48.9 Å². The lowest BCUT2D eigenvalue weighted by Crippen LogP contribution is -2.31. The van der Waals surface area contributed by atoms with Gasteiger partial charge < -0.3 is 51.5 Å². The first-order valence-corrected chi connectivity index (χ1v) is 31.8. The van der Waals surface area contributed by atoms with Crippen molar-refractivity contribution in [1.82, 2.24) is 29.9 Å². The van der Waals surface area contributed by atoms with Crippen LogP contribution in [0.15, 0.2) is 102 Å². The summed E-state index contributed by atoms with van der Waals surface area (Å²) in [5.41, 5.74) is -1.52. The van der Waals surface area contributed by atoms with E-state index in [1.165, 1.54) is 40.1 Å². The normalized spacial score (nSPS) is 12.6. The summed E-state index contributed by atoms with van der Waals surface area (Å²) in [5, 5.41) is 49.4. The molecular formula is C42H48N12O20S6. The van der Waals surface area contributed by atoms with Crippen molar-refractivity contribution in [1.29, 1.82) is 0 Å². The minimum absolute atomic E-state index is 0.0410. The molecule has 0 radical (unpaired) electrons. The number of benzene rings is 4. The fourth-order valence-electron chi connectivity index (χ4n) is 7.15. The lowest BCUT2D eigenvalue weighted by Gasteiger charge is -2.22. The number of aliphatic hydroxyl groups excluding tert-OH is 4. The minimum atomic E-state index is -5.12. The third-order valence-electron chi connectivity index (χ3n) is 10.6. The number of nitrogens with one attached hydrogen (secondary N) is 4. The number of nitrogens with zero attached hydrogens (tertiary/aromatic N) is 8. The van der Waals surface area contributed by atoms with Gasteiger partial charge in [0.1, 0.15) is 9.79 Å². The molecule has 2 heterocycles. The molecule has 0 saturated carbocycles. The largest absolute Gasteiger partial charge is 0.395 e. The van der Waals surface area contributed by atoms with Gasteiger partial charge in [0, 0.05) is 50.1 Å². The second kappa shape index (κ2) is 24.7. The van der Waals surface area contributed by atoms with Gasteiger partial charge >= 0.3 is 0 Å². The van der Waals surface area contributed by atoms with Crippen LogP contribution < -0.4 is 31.1 Å². The second-order valence-corrected chi connectivity index (χ2v) is 26.1. The zero-order chi connectivity index (χ0) is 59.2. The van der Waals surface area contributed by atoms with E-state index in [0.29, 0.717) is 18.2 Å². The van der Waals surface area contributed by atoms with E-state index in [1.807, 2.05) is 0 Å². The van der Waals surface area contributed by atoms with Gasteiger partial charge in [0.25, 0.3) is 40.5 Å². The van der Waals surface area contributed by atoms with Gasteiger partial charge in [0.2, 0.25) is 35.7 Å². The van der Waals surface area contributed by atoms with E-state index in [2.05, 4.69) is 51.2 Å². The van der Waals surface area contributed by atoms with E-state index in [9.17, 15) is 89.1 Å². The average Bonchev–Trinajstić information content (AvgIpc) is 3.34. The molecule has 38 heteroatoms. The van der Waals surface area contributed by atoms with Crippen molar-refractivity contribution in [3.8, 4) is 0 Å². The highest BCUT2D eigenvalue weighted by Crippen LogP contribution is 2.33. The molecule has 32 nitrogen and oxygen atoms in total. The molecule has 12 N–H and O–H groups in total. The molecular weight excluding hydrogens is 1180 g/mol. The average molecular weight is 1230 g/mol. The molecule has 4 aromatic carbocycles. The first-order chi connectivity index (χ1) is 37.2. The highest BCUT2D eigenvalue weighted by Gasteiger charge is 2.25. The van der Waals surface area contributed by atoms with Crippen LogP contribution in [0.4, 0.5) is 58.4 Å². The fourth-order valence-corrected chi connectivity index (χ4v) is 11.2. The Hall–Kier alpha value is -7.18. The predicted octanol–water partition coefficient (Wildman–Crippen LogP) is 0.577. The quantitative estimate of drug-likeness (QED) is 0.0261. The van der Waals surface area contributed by atoms with Crippen LogP contribution in [-0.2, 0) is 60.1 Å². The molecule has 0 amide bonds.